The molecule has 0 saturated carbocycles. The van der Waals surface area contributed by atoms with Crippen molar-refractivity contribution in [1.82, 2.24) is 10.2 Å². The summed E-state index contributed by atoms with van der Waals surface area (Å²) in [5.74, 6) is 0. The molecule has 0 aromatic heterocycles. The minimum atomic E-state index is -0.709. The van der Waals surface area contributed by atoms with Gasteiger partial charge in [0.25, 0.3) is 0 Å². The summed E-state index contributed by atoms with van der Waals surface area (Å²) in [6.45, 7) is 2.05. The summed E-state index contributed by atoms with van der Waals surface area (Å²) >= 11 is 0. The van der Waals surface area contributed by atoms with E-state index < -0.39 is 12.2 Å². The lowest BCUT2D eigenvalue weighted by Crippen LogP contribution is -2.46. The van der Waals surface area contributed by atoms with E-state index in [1.165, 1.54) is 11.1 Å². The lowest BCUT2D eigenvalue weighted by Gasteiger charge is -2.31. The van der Waals surface area contributed by atoms with Crippen LogP contribution in [-0.4, -0.2) is 47.4 Å². The first kappa shape index (κ1) is 22.0. The second-order valence-electron chi connectivity index (χ2n) is 8.01. The molecule has 1 heterocycles. The summed E-state index contributed by atoms with van der Waals surface area (Å²) in [5.41, 5.74) is 3.08. The molecule has 2 amide bonds. The van der Waals surface area contributed by atoms with E-state index in [-0.39, 0.29) is 18.6 Å². The smallest absolute Gasteiger partial charge is 0.319 e. The highest BCUT2D eigenvalue weighted by Crippen LogP contribution is 2.23. The van der Waals surface area contributed by atoms with Crippen molar-refractivity contribution in [1.29, 1.82) is 0 Å². The highest BCUT2D eigenvalue weighted by atomic mass is 16.5. The molecular formula is C26H29N3O3. The molecule has 0 spiro atoms. The number of ether oxygens (including phenoxy) is 1. The van der Waals surface area contributed by atoms with Crippen molar-refractivity contribution in [3.63, 3.8) is 0 Å². The Kier molecular flexibility index (Phi) is 7.51. The lowest BCUT2D eigenvalue weighted by atomic mass is 10.0. The van der Waals surface area contributed by atoms with Crippen molar-refractivity contribution < 1.29 is 14.6 Å². The Hall–Kier alpha value is -3.19. The van der Waals surface area contributed by atoms with Crippen LogP contribution in [0.5, 0.6) is 0 Å². The zero-order valence-electron chi connectivity index (χ0n) is 17.9. The first-order valence-electron chi connectivity index (χ1n) is 10.9. The minimum absolute atomic E-state index is 0.167. The summed E-state index contributed by atoms with van der Waals surface area (Å²) < 4.78 is 5.90. The standard InChI is InChI=1S/C26H29N3O3/c30-25-23(19-32-24(25)16-27-26(31)28-22-14-8-3-9-15-22)29(17-20-10-4-1-5-11-20)18-21-12-6-2-7-13-21/h1-15,23-25,30H,16-19H2,(H2,27,28,31)/t23-,24-,25+/m1/s1. The molecular weight excluding hydrogens is 402 g/mol. The van der Waals surface area contributed by atoms with Gasteiger partial charge in [-0.2, -0.15) is 0 Å². The first-order chi connectivity index (χ1) is 15.7. The van der Waals surface area contributed by atoms with Gasteiger partial charge in [0.2, 0.25) is 0 Å². The van der Waals surface area contributed by atoms with Crippen LogP contribution in [0.1, 0.15) is 11.1 Å². The molecule has 6 nitrogen and oxygen atoms in total. The number of urea groups is 1. The van der Waals surface area contributed by atoms with Gasteiger partial charge in [-0.05, 0) is 23.3 Å². The van der Waals surface area contributed by atoms with Gasteiger partial charge in [-0.25, -0.2) is 4.79 Å². The van der Waals surface area contributed by atoms with Gasteiger partial charge in [-0.15, -0.1) is 0 Å². The Morgan fingerprint density at radius 3 is 1.97 bits per heavy atom. The molecule has 166 valence electrons. The van der Waals surface area contributed by atoms with Gasteiger partial charge in [0.05, 0.1) is 18.8 Å². The molecule has 1 saturated heterocycles. The van der Waals surface area contributed by atoms with E-state index in [0.717, 1.165) is 0 Å². The first-order valence-corrected chi connectivity index (χ1v) is 10.9. The van der Waals surface area contributed by atoms with E-state index >= 15 is 0 Å². The van der Waals surface area contributed by atoms with E-state index in [4.69, 9.17) is 4.74 Å². The van der Waals surface area contributed by atoms with Crippen LogP contribution in [0, 0.1) is 0 Å². The number of hydrogen-bond acceptors (Lipinski definition) is 4. The predicted octanol–water partition coefficient (Wildman–Crippen LogP) is 3.64. The fourth-order valence-corrected chi connectivity index (χ4v) is 3.98. The average molecular weight is 432 g/mol. The van der Waals surface area contributed by atoms with Gasteiger partial charge < -0.3 is 20.5 Å². The summed E-state index contributed by atoms with van der Waals surface area (Å²) in [7, 11) is 0. The Bertz CT molecular complexity index is 928. The van der Waals surface area contributed by atoms with Crippen LogP contribution >= 0.6 is 0 Å². The quantitative estimate of drug-likeness (QED) is 0.509. The lowest BCUT2D eigenvalue weighted by molar-refractivity contribution is 0.0319. The Balaban J connectivity index is 1.38. The molecule has 6 heteroatoms. The van der Waals surface area contributed by atoms with Crippen LogP contribution in [0.3, 0.4) is 0 Å². The molecule has 0 unspecified atom stereocenters. The predicted molar refractivity (Wildman–Crippen MR) is 125 cm³/mol. The number of anilines is 1. The average Bonchev–Trinajstić information content (AvgIpc) is 3.19. The van der Waals surface area contributed by atoms with Crippen molar-refractivity contribution in [3.8, 4) is 0 Å². The fourth-order valence-electron chi connectivity index (χ4n) is 3.98. The van der Waals surface area contributed by atoms with Crippen molar-refractivity contribution in [2.45, 2.75) is 31.3 Å². The molecule has 1 fully saturated rings. The number of hydrogen-bond donors (Lipinski definition) is 3. The van der Waals surface area contributed by atoms with Gasteiger partial charge in [-0.3, -0.25) is 4.90 Å². The van der Waals surface area contributed by atoms with E-state index in [2.05, 4.69) is 39.8 Å². The molecule has 1 aliphatic rings. The van der Waals surface area contributed by atoms with Crippen molar-refractivity contribution in [3.05, 3.63) is 102 Å². The van der Waals surface area contributed by atoms with E-state index in [9.17, 15) is 9.90 Å². The summed E-state index contributed by atoms with van der Waals surface area (Å²) in [6.07, 6.45) is -1.17. The third-order valence-electron chi connectivity index (χ3n) is 5.68. The highest BCUT2D eigenvalue weighted by molar-refractivity contribution is 5.89. The van der Waals surface area contributed by atoms with Crippen LogP contribution in [0.4, 0.5) is 10.5 Å². The Labute approximate surface area is 188 Å². The number of carbonyl (C=O) groups is 1. The SMILES string of the molecule is O=C(NC[C@H]1OC[C@@H](N(Cc2ccccc2)Cc2ccccc2)[C@@H]1O)Nc1ccccc1. The zero-order chi connectivity index (χ0) is 22.2. The monoisotopic (exact) mass is 431 g/mol. The van der Waals surface area contributed by atoms with E-state index in [1.807, 2.05) is 66.7 Å². The number of rotatable bonds is 8. The minimum Gasteiger partial charge on any atom is -0.389 e. The third kappa shape index (κ3) is 5.95. The largest absolute Gasteiger partial charge is 0.389 e. The van der Waals surface area contributed by atoms with Crippen molar-refractivity contribution >= 4 is 11.7 Å². The summed E-state index contributed by atoms with van der Waals surface area (Å²) in [4.78, 5) is 14.5. The number of nitrogens with zero attached hydrogens (tertiary/aromatic N) is 1. The van der Waals surface area contributed by atoms with Gasteiger partial charge in [0.1, 0.15) is 6.10 Å². The van der Waals surface area contributed by atoms with Gasteiger partial charge in [-0.1, -0.05) is 78.9 Å². The van der Waals surface area contributed by atoms with Gasteiger partial charge in [0, 0.05) is 25.3 Å². The molecule has 0 bridgehead atoms. The maximum absolute atomic E-state index is 12.2. The number of para-hydroxylation sites is 1. The number of nitrogens with one attached hydrogen (secondary N) is 2. The van der Waals surface area contributed by atoms with E-state index in [0.29, 0.717) is 25.4 Å². The topological polar surface area (TPSA) is 73.8 Å². The fraction of sp³-hybridized carbons (Fsp3) is 0.269. The molecule has 0 aliphatic carbocycles. The van der Waals surface area contributed by atoms with E-state index in [1.54, 1.807) is 0 Å². The molecule has 1 aliphatic heterocycles. The molecule has 3 atom stereocenters. The Morgan fingerprint density at radius 1 is 0.875 bits per heavy atom. The number of aliphatic hydroxyl groups excluding tert-OH is 1. The number of benzene rings is 3. The van der Waals surface area contributed by atoms with Crippen LogP contribution in [-0.2, 0) is 17.8 Å². The number of amides is 2. The van der Waals surface area contributed by atoms with Crippen LogP contribution < -0.4 is 10.6 Å². The van der Waals surface area contributed by atoms with Crippen molar-refractivity contribution in [2.24, 2.45) is 0 Å². The molecule has 3 aromatic carbocycles. The zero-order valence-corrected chi connectivity index (χ0v) is 17.9. The normalized spacial score (nSPS) is 20.2. The van der Waals surface area contributed by atoms with Crippen LogP contribution in [0.25, 0.3) is 0 Å². The molecule has 4 rings (SSSR count). The van der Waals surface area contributed by atoms with Crippen molar-refractivity contribution in [2.75, 3.05) is 18.5 Å². The Morgan fingerprint density at radius 2 is 1.41 bits per heavy atom. The molecule has 3 aromatic rings. The molecule has 32 heavy (non-hydrogen) atoms. The summed E-state index contributed by atoms with van der Waals surface area (Å²) in [5, 5.41) is 16.6. The highest BCUT2D eigenvalue weighted by Gasteiger charge is 2.39. The maximum atomic E-state index is 12.2. The molecule has 0 radical (unpaired) electrons. The molecule has 3 N–H and O–H groups in total. The third-order valence-corrected chi connectivity index (χ3v) is 5.68. The van der Waals surface area contributed by atoms with Gasteiger partial charge >= 0.3 is 6.03 Å². The summed E-state index contributed by atoms with van der Waals surface area (Å²) in [6, 6.07) is 29.2. The van der Waals surface area contributed by atoms with Gasteiger partial charge in [0.15, 0.2) is 0 Å². The number of carbonyl (C=O) groups excluding carboxylic acids is 1. The van der Waals surface area contributed by atoms with Crippen LogP contribution in [0.15, 0.2) is 91.0 Å². The second kappa shape index (κ2) is 10.9. The maximum Gasteiger partial charge on any atom is 0.319 e. The number of aliphatic hydroxyl groups is 1. The second-order valence-corrected chi connectivity index (χ2v) is 8.01. The van der Waals surface area contributed by atoms with Crippen LogP contribution in [0.2, 0.25) is 0 Å².